The number of benzene rings is 1. The number of nitrogens with one attached hydrogen (secondary N) is 1. The van der Waals surface area contributed by atoms with Crippen molar-refractivity contribution in [3.8, 4) is 17.2 Å². The van der Waals surface area contributed by atoms with E-state index in [2.05, 4.69) is 24.1 Å². The van der Waals surface area contributed by atoms with Gasteiger partial charge in [0.15, 0.2) is 0 Å². The lowest BCUT2D eigenvalue weighted by atomic mass is 9.88. The highest BCUT2D eigenvalue weighted by Gasteiger charge is 2.22. The van der Waals surface area contributed by atoms with Crippen molar-refractivity contribution in [1.82, 2.24) is 10.3 Å². The summed E-state index contributed by atoms with van der Waals surface area (Å²) in [5.41, 5.74) is 8.51. The number of nitrogen functional groups attached to an aromatic ring is 1. The smallest absolute Gasteiger partial charge is 0.228 e. The Labute approximate surface area is 142 Å². The van der Waals surface area contributed by atoms with Crippen LogP contribution in [0.2, 0.25) is 0 Å². The van der Waals surface area contributed by atoms with Crippen LogP contribution in [0.1, 0.15) is 31.7 Å². The molecule has 0 bridgehead atoms. The van der Waals surface area contributed by atoms with Crippen LogP contribution in [0.15, 0.2) is 42.6 Å². The molecule has 124 valence electrons. The van der Waals surface area contributed by atoms with Gasteiger partial charge in [-0.3, -0.25) is 4.79 Å². The van der Waals surface area contributed by atoms with Gasteiger partial charge < -0.3 is 11.1 Å². The third-order valence-corrected chi connectivity index (χ3v) is 3.77. The van der Waals surface area contributed by atoms with Gasteiger partial charge >= 0.3 is 0 Å². The molecule has 0 saturated carbocycles. The lowest BCUT2D eigenvalue weighted by Crippen LogP contribution is -2.30. The van der Waals surface area contributed by atoms with Crippen LogP contribution < -0.4 is 11.1 Å². The highest BCUT2D eigenvalue weighted by Crippen LogP contribution is 2.28. The van der Waals surface area contributed by atoms with E-state index in [-0.39, 0.29) is 18.4 Å². The van der Waals surface area contributed by atoms with Crippen LogP contribution in [-0.2, 0) is 4.79 Å². The molecule has 1 aromatic carbocycles. The van der Waals surface area contributed by atoms with Gasteiger partial charge in [0.25, 0.3) is 0 Å². The second-order valence-corrected chi connectivity index (χ2v) is 6.16. The molecule has 1 amide bonds. The zero-order chi connectivity index (χ0) is 17.5. The molecule has 3 N–H and O–H groups in total. The quantitative estimate of drug-likeness (QED) is 0.799. The topological polar surface area (TPSA) is 91.8 Å². The van der Waals surface area contributed by atoms with E-state index in [1.54, 1.807) is 12.3 Å². The summed E-state index contributed by atoms with van der Waals surface area (Å²) in [6, 6.07) is 13.5. The number of carbonyl (C=O) groups is 1. The fraction of sp³-hybridized carbons (Fsp3) is 0.316. The first-order valence-corrected chi connectivity index (χ1v) is 7.97. The van der Waals surface area contributed by atoms with E-state index in [9.17, 15) is 4.79 Å². The van der Waals surface area contributed by atoms with Gasteiger partial charge in [-0.15, -0.1) is 0 Å². The molecule has 1 heterocycles. The molecule has 0 spiro atoms. The van der Waals surface area contributed by atoms with Crippen LogP contribution in [-0.4, -0.2) is 17.4 Å². The van der Waals surface area contributed by atoms with Crippen LogP contribution in [0.5, 0.6) is 0 Å². The second kappa shape index (κ2) is 8.11. The number of hydrogen-bond acceptors (Lipinski definition) is 4. The summed E-state index contributed by atoms with van der Waals surface area (Å²) in [6.07, 6.45) is 2.45. The molecule has 1 aromatic heterocycles. The Morgan fingerprint density at radius 3 is 2.71 bits per heavy atom. The molecule has 1 atom stereocenters. The van der Waals surface area contributed by atoms with Crippen LogP contribution in [0.4, 0.5) is 5.82 Å². The maximum atomic E-state index is 12.4. The van der Waals surface area contributed by atoms with Gasteiger partial charge in [0, 0.05) is 11.8 Å². The highest BCUT2D eigenvalue weighted by atomic mass is 16.1. The summed E-state index contributed by atoms with van der Waals surface area (Å²) in [5.74, 6) is 0.450. The predicted molar refractivity (Wildman–Crippen MR) is 94.9 cm³/mol. The van der Waals surface area contributed by atoms with E-state index in [0.717, 1.165) is 23.1 Å². The van der Waals surface area contributed by atoms with E-state index >= 15 is 0 Å². The largest absolute Gasteiger partial charge is 0.384 e. The average Bonchev–Trinajstić information content (AvgIpc) is 2.58. The van der Waals surface area contributed by atoms with Gasteiger partial charge in [-0.2, -0.15) is 5.26 Å². The number of pyridine rings is 1. The van der Waals surface area contributed by atoms with Crippen molar-refractivity contribution in [2.45, 2.75) is 26.2 Å². The Balaban J connectivity index is 2.32. The minimum Gasteiger partial charge on any atom is -0.384 e. The van der Waals surface area contributed by atoms with Crippen LogP contribution in [0.3, 0.4) is 0 Å². The summed E-state index contributed by atoms with van der Waals surface area (Å²) in [5, 5.41) is 11.4. The standard InChI is InChI=1S/C19H22N4O/c1-13(2)10-17(19(24)22-9-8-20)15-5-3-4-14(11-15)16-6-7-18(21)23-12-16/h3-7,11-13,17H,9-10H2,1-2H3,(H2,21,23)(H,22,24). The number of nitrogens with zero attached hydrogens (tertiary/aromatic N) is 2. The van der Waals surface area contributed by atoms with Crippen LogP contribution in [0, 0.1) is 17.2 Å². The summed E-state index contributed by atoms with van der Waals surface area (Å²) >= 11 is 0. The minimum absolute atomic E-state index is 0.0228. The van der Waals surface area contributed by atoms with Gasteiger partial charge in [-0.25, -0.2) is 4.98 Å². The first-order valence-electron chi connectivity index (χ1n) is 7.97. The van der Waals surface area contributed by atoms with Crippen LogP contribution in [0.25, 0.3) is 11.1 Å². The van der Waals surface area contributed by atoms with E-state index in [1.165, 1.54) is 0 Å². The van der Waals surface area contributed by atoms with E-state index in [1.807, 2.05) is 36.4 Å². The molecule has 24 heavy (non-hydrogen) atoms. The van der Waals surface area contributed by atoms with Crippen molar-refractivity contribution in [3.63, 3.8) is 0 Å². The zero-order valence-corrected chi connectivity index (χ0v) is 14.0. The molecule has 0 saturated heterocycles. The predicted octanol–water partition coefficient (Wildman–Crippen LogP) is 3.10. The Morgan fingerprint density at radius 2 is 2.08 bits per heavy atom. The lowest BCUT2D eigenvalue weighted by molar-refractivity contribution is -0.122. The summed E-state index contributed by atoms with van der Waals surface area (Å²) in [7, 11) is 0. The first kappa shape index (κ1) is 17.5. The third-order valence-electron chi connectivity index (χ3n) is 3.77. The molecule has 0 aliphatic carbocycles. The SMILES string of the molecule is CC(C)CC(C(=O)NCC#N)c1cccc(-c2ccc(N)nc2)c1. The Kier molecular flexibility index (Phi) is 5.91. The maximum absolute atomic E-state index is 12.4. The molecular weight excluding hydrogens is 300 g/mol. The van der Waals surface area contributed by atoms with Crippen molar-refractivity contribution in [1.29, 1.82) is 5.26 Å². The second-order valence-electron chi connectivity index (χ2n) is 6.16. The number of rotatable bonds is 6. The highest BCUT2D eigenvalue weighted by molar-refractivity contribution is 5.84. The summed E-state index contributed by atoms with van der Waals surface area (Å²) < 4.78 is 0. The summed E-state index contributed by atoms with van der Waals surface area (Å²) in [4.78, 5) is 16.6. The Morgan fingerprint density at radius 1 is 1.29 bits per heavy atom. The van der Waals surface area contributed by atoms with E-state index in [4.69, 9.17) is 11.0 Å². The van der Waals surface area contributed by atoms with E-state index < -0.39 is 0 Å². The third kappa shape index (κ3) is 4.56. The molecule has 0 aliphatic rings. The molecule has 2 aromatic rings. The average molecular weight is 322 g/mol. The van der Waals surface area contributed by atoms with Gasteiger partial charge in [0.2, 0.25) is 5.91 Å². The van der Waals surface area contributed by atoms with Crippen LogP contribution >= 0.6 is 0 Å². The number of carbonyl (C=O) groups excluding carboxylic acids is 1. The number of amides is 1. The van der Waals surface area contributed by atoms with Crippen molar-refractivity contribution in [2.75, 3.05) is 12.3 Å². The minimum atomic E-state index is -0.278. The molecule has 0 aliphatic heterocycles. The monoisotopic (exact) mass is 322 g/mol. The van der Waals surface area contributed by atoms with Gasteiger partial charge in [-0.1, -0.05) is 38.1 Å². The Hall–Kier alpha value is -2.87. The molecule has 1 unspecified atom stereocenters. The fourth-order valence-corrected chi connectivity index (χ4v) is 2.63. The van der Waals surface area contributed by atoms with Gasteiger partial charge in [-0.05, 0) is 35.6 Å². The molecule has 5 nitrogen and oxygen atoms in total. The maximum Gasteiger partial charge on any atom is 0.228 e. The van der Waals surface area contributed by atoms with Crippen molar-refractivity contribution in [3.05, 3.63) is 48.2 Å². The lowest BCUT2D eigenvalue weighted by Gasteiger charge is -2.19. The number of anilines is 1. The molecule has 0 radical (unpaired) electrons. The van der Waals surface area contributed by atoms with Crippen molar-refractivity contribution >= 4 is 11.7 Å². The first-order chi connectivity index (χ1) is 11.5. The Bertz CT molecular complexity index is 732. The molecule has 0 fully saturated rings. The zero-order valence-electron chi connectivity index (χ0n) is 14.0. The number of nitrogens with two attached hydrogens (primary N) is 1. The number of hydrogen-bond donors (Lipinski definition) is 2. The molecule has 2 rings (SSSR count). The number of aromatic nitrogens is 1. The van der Waals surface area contributed by atoms with Gasteiger partial charge in [0.05, 0.1) is 12.0 Å². The van der Waals surface area contributed by atoms with Crippen molar-refractivity contribution in [2.24, 2.45) is 5.92 Å². The number of nitriles is 1. The molecular formula is C19H22N4O. The van der Waals surface area contributed by atoms with Crippen molar-refractivity contribution < 1.29 is 4.79 Å². The van der Waals surface area contributed by atoms with Gasteiger partial charge in [0.1, 0.15) is 12.4 Å². The normalized spacial score (nSPS) is 11.8. The summed E-state index contributed by atoms with van der Waals surface area (Å²) in [6.45, 7) is 4.19. The molecule has 5 heteroatoms. The van der Waals surface area contributed by atoms with E-state index in [0.29, 0.717) is 11.7 Å². The fourth-order valence-electron chi connectivity index (χ4n) is 2.63.